The van der Waals surface area contributed by atoms with Crippen LogP contribution < -0.4 is 0 Å². The zero-order chi connectivity index (χ0) is 13.0. The number of aliphatic hydroxyl groups excluding tert-OH is 1. The molecule has 0 aromatic heterocycles. The number of Topliss-reactive ketones (excluding diaryl/α,β-unsaturated/α-hetero) is 1. The van der Waals surface area contributed by atoms with Crippen LogP contribution in [0.1, 0.15) is 22.0 Å². The molecule has 0 aliphatic rings. The third-order valence-electron chi connectivity index (χ3n) is 2.77. The fourth-order valence-electron chi connectivity index (χ4n) is 1.74. The maximum Gasteiger partial charge on any atom is 0.191 e. The zero-order valence-corrected chi connectivity index (χ0v) is 9.91. The molecule has 0 aliphatic heterocycles. The van der Waals surface area contributed by atoms with Gasteiger partial charge in [0.15, 0.2) is 5.78 Å². The summed E-state index contributed by atoms with van der Waals surface area (Å²) in [6.07, 6.45) is -0.959. The monoisotopic (exact) mass is 238 g/mol. The van der Waals surface area contributed by atoms with Crippen molar-refractivity contribution in [3.05, 3.63) is 83.9 Å². The molecule has 2 aromatic carbocycles. The van der Waals surface area contributed by atoms with E-state index in [0.29, 0.717) is 11.1 Å². The van der Waals surface area contributed by atoms with Crippen LogP contribution in [0, 0.1) is 0 Å². The molecule has 2 heteroatoms. The molecule has 2 aromatic rings. The van der Waals surface area contributed by atoms with E-state index in [0.717, 1.165) is 0 Å². The molecule has 0 heterocycles. The van der Waals surface area contributed by atoms with Crippen LogP contribution in [0.4, 0.5) is 0 Å². The summed E-state index contributed by atoms with van der Waals surface area (Å²) in [5.41, 5.74) is 1.40. The fourth-order valence-corrected chi connectivity index (χ4v) is 1.74. The molecular formula is C16H14O2. The molecule has 0 amide bonds. The standard InChI is InChI=1S/C16H14O2/c1-12(15(17)13-8-4-2-5-9-13)16(18)14-10-6-3-7-11-14/h2-11,15,17H,1H2/t15-/m1/s1. The average Bonchev–Trinajstić information content (AvgIpc) is 2.47. The first-order chi connectivity index (χ1) is 8.70. The highest BCUT2D eigenvalue weighted by Crippen LogP contribution is 2.22. The third kappa shape index (κ3) is 2.55. The Morgan fingerprint density at radius 2 is 1.44 bits per heavy atom. The Morgan fingerprint density at radius 3 is 2.00 bits per heavy atom. The van der Waals surface area contributed by atoms with Gasteiger partial charge in [-0.25, -0.2) is 0 Å². The van der Waals surface area contributed by atoms with E-state index >= 15 is 0 Å². The molecule has 90 valence electrons. The second-order valence-electron chi connectivity index (χ2n) is 4.03. The van der Waals surface area contributed by atoms with Gasteiger partial charge in [0.25, 0.3) is 0 Å². The van der Waals surface area contributed by atoms with Crippen molar-refractivity contribution in [3.8, 4) is 0 Å². The zero-order valence-electron chi connectivity index (χ0n) is 9.91. The van der Waals surface area contributed by atoms with Crippen LogP contribution in [0.25, 0.3) is 0 Å². The van der Waals surface area contributed by atoms with Gasteiger partial charge in [0, 0.05) is 11.1 Å². The molecule has 0 fully saturated rings. The minimum atomic E-state index is -0.959. The maximum absolute atomic E-state index is 12.1. The van der Waals surface area contributed by atoms with Gasteiger partial charge < -0.3 is 5.11 Å². The summed E-state index contributed by atoms with van der Waals surface area (Å²) in [4.78, 5) is 12.1. The number of aliphatic hydroxyl groups is 1. The number of hydrogen-bond acceptors (Lipinski definition) is 2. The van der Waals surface area contributed by atoms with Crippen molar-refractivity contribution in [1.82, 2.24) is 0 Å². The Kier molecular flexibility index (Phi) is 3.70. The molecular weight excluding hydrogens is 224 g/mol. The molecule has 0 saturated heterocycles. The molecule has 1 N–H and O–H groups in total. The van der Waals surface area contributed by atoms with Gasteiger partial charge in [0.05, 0.1) is 0 Å². The number of rotatable bonds is 4. The van der Waals surface area contributed by atoms with E-state index in [2.05, 4.69) is 6.58 Å². The lowest BCUT2D eigenvalue weighted by Gasteiger charge is -2.13. The van der Waals surface area contributed by atoms with E-state index in [1.54, 1.807) is 36.4 Å². The van der Waals surface area contributed by atoms with Crippen LogP contribution in [-0.4, -0.2) is 10.9 Å². The van der Waals surface area contributed by atoms with Gasteiger partial charge >= 0.3 is 0 Å². The van der Waals surface area contributed by atoms with Crippen molar-refractivity contribution < 1.29 is 9.90 Å². The fraction of sp³-hybridized carbons (Fsp3) is 0.0625. The van der Waals surface area contributed by atoms with Crippen LogP contribution >= 0.6 is 0 Å². The Bertz CT molecular complexity index is 544. The van der Waals surface area contributed by atoms with Gasteiger partial charge in [-0.1, -0.05) is 67.2 Å². The van der Waals surface area contributed by atoms with Crippen molar-refractivity contribution in [2.75, 3.05) is 0 Å². The Morgan fingerprint density at radius 1 is 0.944 bits per heavy atom. The van der Waals surface area contributed by atoms with Crippen LogP contribution in [0.3, 0.4) is 0 Å². The first kappa shape index (κ1) is 12.3. The first-order valence-corrected chi connectivity index (χ1v) is 5.71. The van der Waals surface area contributed by atoms with Gasteiger partial charge in [0.2, 0.25) is 0 Å². The third-order valence-corrected chi connectivity index (χ3v) is 2.77. The van der Waals surface area contributed by atoms with E-state index in [1.807, 2.05) is 24.3 Å². The van der Waals surface area contributed by atoms with E-state index in [4.69, 9.17) is 0 Å². The molecule has 2 nitrogen and oxygen atoms in total. The van der Waals surface area contributed by atoms with Gasteiger partial charge in [-0.15, -0.1) is 0 Å². The smallest absolute Gasteiger partial charge is 0.191 e. The van der Waals surface area contributed by atoms with Crippen LogP contribution in [-0.2, 0) is 0 Å². The van der Waals surface area contributed by atoms with Gasteiger partial charge in [-0.3, -0.25) is 4.79 Å². The Hall–Kier alpha value is -2.19. The van der Waals surface area contributed by atoms with Crippen molar-refractivity contribution in [2.24, 2.45) is 0 Å². The summed E-state index contributed by atoms with van der Waals surface area (Å²) in [7, 11) is 0. The lowest BCUT2D eigenvalue weighted by Crippen LogP contribution is -2.10. The summed E-state index contributed by atoms with van der Waals surface area (Å²) in [6, 6.07) is 17.9. The summed E-state index contributed by atoms with van der Waals surface area (Å²) < 4.78 is 0. The number of hydrogen-bond donors (Lipinski definition) is 1. The molecule has 0 aliphatic carbocycles. The van der Waals surface area contributed by atoms with Crippen molar-refractivity contribution >= 4 is 5.78 Å². The van der Waals surface area contributed by atoms with Gasteiger partial charge in [0.1, 0.15) is 6.10 Å². The lowest BCUT2D eigenvalue weighted by molar-refractivity contribution is 0.0988. The molecule has 0 saturated carbocycles. The van der Waals surface area contributed by atoms with Crippen LogP contribution in [0.2, 0.25) is 0 Å². The highest BCUT2D eigenvalue weighted by atomic mass is 16.3. The van der Waals surface area contributed by atoms with Crippen molar-refractivity contribution in [1.29, 1.82) is 0 Å². The lowest BCUT2D eigenvalue weighted by atomic mass is 9.96. The summed E-state index contributed by atoms with van der Waals surface area (Å²) in [5.74, 6) is -0.230. The predicted octanol–water partition coefficient (Wildman–Crippen LogP) is 3.16. The molecule has 0 unspecified atom stereocenters. The number of carbonyl (C=O) groups is 1. The Balaban J connectivity index is 2.20. The summed E-state index contributed by atoms with van der Waals surface area (Å²) in [6.45, 7) is 3.71. The molecule has 0 spiro atoms. The topological polar surface area (TPSA) is 37.3 Å². The van der Waals surface area contributed by atoms with E-state index < -0.39 is 6.10 Å². The second kappa shape index (κ2) is 5.43. The summed E-state index contributed by atoms with van der Waals surface area (Å²) >= 11 is 0. The largest absolute Gasteiger partial charge is 0.384 e. The normalized spacial score (nSPS) is 11.8. The quantitative estimate of drug-likeness (QED) is 0.656. The molecule has 1 atom stereocenters. The van der Waals surface area contributed by atoms with Crippen LogP contribution in [0.15, 0.2) is 72.8 Å². The van der Waals surface area contributed by atoms with Gasteiger partial charge in [-0.2, -0.15) is 0 Å². The highest BCUT2D eigenvalue weighted by molar-refractivity contribution is 6.08. The minimum Gasteiger partial charge on any atom is -0.384 e. The number of benzene rings is 2. The number of ketones is 1. The first-order valence-electron chi connectivity index (χ1n) is 5.71. The maximum atomic E-state index is 12.1. The van der Waals surface area contributed by atoms with Gasteiger partial charge in [-0.05, 0) is 5.56 Å². The van der Waals surface area contributed by atoms with Crippen molar-refractivity contribution in [2.45, 2.75) is 6.10 Å². The Labute approximate surface area is 106 Å². The molecule has 0 bridgehead atoms. The van der Waals surface area contributed by atoms with Crippen LogP contribution in [0.5, 0.6) is 0 Å². The van der Waals surface area contributed by atoms with E-state index in [9.17, 15) is 9.90 Å². The molecule has 18 heavy (non-hydrogen) atoms. The minimum absolute atomic E-state index is 0.187. The second-order valence-corrected chi connectivity index (χ2v) is 4.03. The average molecular weight is 238 g/mol. The highest BCUT2D eigenvalue weighted by Gasteiger charge is 2.19. The SMILES string of the molecule is C=C(C(=O)c1ccccc1)[C@@H](O)c1ccccc1. The van der Waals surface area contributed by atoms with E-state index in [-0.39, 0.29) is 11.4 Å². The van der Waals surface area contributed by atoms with Crippen molar-refractivity contribution in [3.63, 3.8) is 0 Å². The number of carbonyl (C=O) groups excluding carboxylic acids is 1. The predicted molar refractivity (Wildman–Crippen MR) is 71.3 cm³/mol. The molecule has 2 rings (SSSR count). The molecule has 0 radical (unpaired) electrons. The summed E-state index contributed by atoms with van der Waals surface area (Å²) in [5, 5.41) is 10.1. The van der Waals surface area contributed by atoms with E-state index in [1.165, 1.54) is 0 Å².